The fourth-order valence-corrected chi connectivity index (χ4v) is 3.26. The number of carbonyl (C=O) groups excluding carboxylic acids is 1. The SMILES string of the molecule is CCOc1ccc(CCC(=O)NC2CCC(C)(C)C2)cc1OC. The molecule has 4 nitrogen and oxygen atoms in total. The highest BCUT2D eigenvalue weighted by molar-refractivity contribution is 5.76. The zero-order valence-corrected chi connectivity index (χ0v) is 14.8. The third-order valence-corrected chi connectivity index (χ3v) is 4.50. The Labute approximate surface area is 139 Å². The van der Waals surface area contributed by atoms with E-state index in [4.69, 9.17) is 9.47 Å². The zero-order valence-electron chi connectivity index (χ0n) is 14.8. The highest BCUT2D eigenvalue weighted by atomic mass is 16.5. The van der Waals surface area contributed by atoms with Crippen molar-refractivity contribution in [2.24, 2.45) is 5.41 Å². The summed E-state index contributed by atoms with van der Waals surface area (Å²) in [5.41, 5.74) is 1.45. The average molecular weight is 319 g/mol. The van der Waals surface area contributed by atoms with Gasteiger partial charge < -0.3 is 14.8 Å². The second-order valence-electron chi connectivity index (χ2n) is 7.09. The van der Waals surface area contributed by atoms with Crippen LogP contribution in [0.4, 0.5) is 0 Å². The number of amides is 1. The Kier molecular flexibility index (Phi) is 5.91. The van der Waals surface area contributed by atoms with Gasteiger partial charge in [0.2, 0.25) is 5.91 Å². The van der Waals surface area contributed by atoms with Gasteiger partial charge in [-0.25, -0.2) is 0 Å². The molecule has 0 spiro atoms. The van der Waals surface area contributed by atoms with E-state index < -0.39 is 0 Å². The number of hydrogen-bond acceptors (Lipinski definition) is 3. The molecule has 1 N–H and O–H groups in total. The molecule has 1 saturated carbocycles. The second-order valence-corrected chi connectivity index (χ2v) is 7.09. The molecule has 2 rings (SSSR count). The normalized spacial score (nSPS) is 19.4. The highest BCUT2D eigenvalue weighted by Gasteiger charge is 2.31. The van der Waals surface area contributed by atoms with Gasteiger partial charge in [-0.05, 0) is 55.7 Å². The highest BCUT2D eigenvalue weighted by Crippen LogP contribution is 2.37. The van der Waals surface area contributed by atoms with Gasteiger partial charge in [0, 0.05) is 12.5 Å². The number of nitrogens with one attached hydrogen (secondary N) is 1. The van der Waals surface area contributed by atoms with Crippen LogP contribution in [0.1, 0.15) is 52.0 Å². The van der Waals surface area contributed by atoms with Crippen molar-refractivity contribution in [3.05, 3.63) is 23.8 Å². The van der Waals surface area contributed by atoms with Crippen LogP contribution in [0, 0.1) is 5.41 Å². The van der Waals surface area contributed by atoms with Gasteiger partial charge in [-0.15, -0.1) is 0 Å². The van der Waals surface area contributed by atoms with Crippen molar-refractivity contribution in [2.45, 2.75) is 58.9 Å². The lowest BCUT2D eigenvalue weighted by atomic mass is 9.92. The molecular formula is C19H29NO3. The summed E-state index contributed by atoms with van der Waals surface area (Å²) in [6.45, 7) is 7.09. The predicted molar refractivity (Wildman–Crippen MR) is 92.0 cm³/mol. The average Bonchev–Trinajstić information content (AvgIpc) is 2.85. The molecule has 1 aliphatic carbocycles. The minimum absolute atomic E-state index is 0.139. The number of aryl methyl sites for hydroxylation is 1. The van der Waals surface area contributed by atoms with Gasteiger partial charge in [0.05, 0.1) is 13.7 Å². The van der Waals surface area contributed by atoms with Crippen molar-refractivity contribution in [3.8, 4) is 11.5 Å². The third kappa shape index (κ3) is 5.15. The molecule has 1 unspecified atom stereocenters. The Hall–Kier alpha value is -1.71. The molecule has 0 aliphatic heterocycles. The van der Waals surface area contributed by atoms with Crippen LogP contribution in [-0.2, 0) is 11.2 Å². The van der Waals surface area contributed by atoms with E-state index >= 15 is 0 Å². The topological polar surface area (TPSA) is 47.6 Å². The molecule has 1 amide bonds. The van der Waals surface area contributed by atoms with E-state index in [1.54, 1.807) is 7.11 Å². The Morgan fingerprint density at radius 1 is 1.35 bits per heavy atom. The molecule has 0 radical (unpaired) electrons. The van der Waals surface area contributed by atoms with Crippen LogP contribution in [0.2, 0.25) is 0 Å². The lowest BCUT2D eigenvalue weighted by Crippen LogP contribution is -2.33. The Bertz CT molecular complexity index is 539. The van der Waals surface area contributed by atoms with E-state index in [0.29, 0.717) is 30.9 Å². The summed E-state index contributed by atoms with van der Waals surface area (Å²) in [5.74, 6) is 1.61. The summed E-state index contributed by atoms with van der Waals surface area (Å²) in [7, 11) is 1.64. The molecule has 0 heterocycles. The van der Waals surface area contributed by atoms with E-state index in [-0.39, 0.29) is 5.91 Å². The molecule has 1 aromatic rings. The summed E-state index contributed by atoms with van der Waals surface area (Å²) in [6.07, 6.45) is 4.58. The molecular weight excluding hydrogens is 290 g/mol. The van der Waals surface area contributed by atoms with E-state index in [1.807, 2.05) is 25.1 Å². The molecule has 23 heavy (non-hydrogen) atoms. The van der Waals surface area contributed by atoms with Crippen molar-refractivity contribution in [1.82, 2.24) is 5.32 Å². The van der Waals surface area contributed by atoms with Crippen molar-refractivity contribution >= 4 is 5.91 Å². The van der Waals surface area contributed by atoms with Crippen LogP contribution in [-0.4, -0.2) is 25.7 Å². The van der Waals surface area contributed by atoms with E-state index in [0.717, 1.165) is 29.9 Å². The summed E-state index contributed by atoms with van der Waals surface area (Å²) in [4.78, 5) is 12.1. The zero-order chi connectivity index (χ0) is 16.9. The van der Waals surface area contributed by atoms with E-state index in [1.165, 1.54) is 6.42 Å². The number of hydrogen-bond donors (Lipinski definition) is 1. The van der Waals surface area contributed by atoms with Crippen LogP contribution in [0.3, 0.4) is 0 Å². The second kappa shape index (κ2) is 7.71. The fraction of sp³-hybridized carbons (Fsp3) is 0.632. The first-order valence-electron chi connectivity index (χ1n) is 8.52. The first kappa shape index (κ1) is 17.6. The standard InChI is InChI=1S/C19H29NO3/c1-5-23-16-8-6-14(12-17(16)22-4)7-9-18(21)20-15-10-11-19(2,3)13-15/h6,8,12,15H,5,7,9-11,13H2,1-4H3,(H,20,21). The van der Waals surface area contributed by atoms with Crippen molar-refractivity contribution < 1.29 is 14.3 Å². The van der Waals surface area contributed by atoms with Crippen molar-refractivity contribution in [2.75, 3.05) is 13.7 Å². The fourth-order valence-electron chi connectivity index (χ4n) is 3.26. The Morgan fingerprint density at radius 3 is 2.74 bits per heavy atom. The summed E-state index contributed by atoms with van der Waals surface area (Å²) < 4.78 is 10.9. The minimum atomic E-state index is 0.139. The smallest absolute Gasteiger partial charge is 0.220 e. The first-order valence-corrected chi connectivity index (χ1v) is 8.52. The van der Waals surface area contributed by atoms with Crippen molar-refractivity contribution in [3.63, 3.8) is 0 Å². The van der Waals surface area contributed by atoms with Gasteiger partial charge in [0.25, 0.3) is 0 Å². The quantitative estimate of drug-likeness (QED) is 0.833. The van der Waals surface area contributed by atoms with Crippen molar-refractivity contribution in [1.29, 1.82) is 0 Å². The molecule has 0 saturated heterocycles. The molecule has 0 aromatic heterocycles. The van der Waals surface area contributed by atoms with Gasteiger partial charge in [0.1, 0.15) is 0 Å². The van der Waals surface area contributed by atoms with Gasteiger partial charge in [-0.1, -0.05) is 19.9 Å². The first-order chi connectivity index (χ1) is 10.9. The summed E-state index contributed by atoms with van der Waals surface area (Å²) in [6, 6.07) is 6.21. The Morgan fingerprint density at radius 2 is 2.13 bits per heavy atom. The monoisotopic (exact) mass is 319 g/mol. The van der Waals surface area contributed by atoms with Crippen LogP contribution in [0.15, 0.2) is 18.2 Å². The molecule has 0 bridgehead atoms. The lowest BCUT2D eigenvalue weighted by molar-refractivity contribution is -0.121. The number of carbonyl (C=O) groups is 1. The summed E-state index contributed by atoms with van der Waals surface area (Å²) in [5, 5.41) is 3.17. The predicted octanol–water partition coefficient (Wildman–Crippen LogP) is 3.72. The third-order valence-electron chi connectivity index (χ3n) is 4.50. The summed E-state index contributed by atoms with van der Waals surface area (Å²) >= 11 is 0. The largest absolute Gasteiger partial charge is 0.493 e. The molecule has 4 heteroatoms. The molecule has 1 atom stereocenters. The van der Waals surface area contributed by atoms with Crippen LogP contribution < -0.4 is 14.8 Å². The Balaban J connectivity index is 1.84. The van der Waals surface area contributed by atoms with E-state index in [2.05, 4.69) is 19.2 Å². The molecule has 128 valence electrons. The molecule has 1 aromatic carbocycles. The minimum Gasteiger partial charge on any atom is -0.493 e. The molecule has 1 fully saturated rings. The number of ether oxygens (including phenoxy) is 2. The van der Waals surface area contributed by atoms with Crippen LogP contribution in [0.5, 0.6) is 11.5 Å². The van der Waals surface area contributed by atoms with Gasteiger partial charge in [0.15, 0.2) is 11.5 Å². The van der Waals surface area contributed by atoms with Gasteiger partial charge in [-0.2, -0.15) is 0 Å². The van der Waals surface area contributed by atoms with Crippen LogP contribution in [0.25, 0.3) is 0 Å². The molecule has 1 aliphatic rings. The van der Waals surface area contributed by atoms with Gasteiger partial charge >= 0.3 is 0 Å². The maximum atomic E-state index is 12.1. The lowest BCUT2D eigenvalue weighted by Gasteiger charge is -2.18. The van der Waals surface area contributed by atoms with E-state index in [9.17, 15) is 4.79 Å². The maximum Gasteiger partial charge on any atom is 0.220 e. The number of methoxy groups -OCH3 is 1. The van der Waals surface area contributed by atoms with Crippen LogP contribution >= 0.6 is 0 Å². The van der Waals surface area contributed by atoms with Gasteiger partial charge in [-0.3, -0.25) is 4.79 Å². The number of benzene rings is 1. The number of rotatable bonds is 7. The maximum absolute atomic E-state index is 12.1.